The third-order valence-corrected chi connectivity index (χ3v) is 4.29. The van der Waals surface area contributed by atoms with Crippen LogP contribution in [0.4, 0.5) is 0 Å². The van der Waals surface area contributed by atoms with Gasteiger partial charge in [-0.15, -0.1) is 0 Å². The highest BCUT2D eigenvalue weighted by Crippen LogP contribution is 2.26. The molecule has 2 fully saturated rings. The maximum Gasteiger partial charge on any atom is 0.322 e. The van der Waals surface area contributed by atoms with Crippen molar-refractivity contribution in [2.45, 2.75) is 37.8 Å². The Morgan fingerprint density at radius 3 is 2.32 bits per heavy atom. The van der Waals surface area contributed by atoms with Gasteiger partial charge in [-0.1, -0.05) is 0 Å². The number of hydrogen-bond donors (Lipinski definition) is 2. The summed E-state index contributed by atoms with van der Waals surface area (Å²) in [6.45, 7) is 1.46. The molecule has 1 aliphatic heterocycles. The number of carbonyl (C=O) groups excluding carboxylic acids is 1. The van der Waals surface area contributed by atoms with Gasteiger partial charge in [0.15, 0.2) is 0 Å². The summed E-state index contributed by atoms with van der Waals surface area (Å²) < 4.78 is 0. The molecular formula is C13H22N2O4. The van der Waals surface area contributed by atoms with Gasteiger partial charge in [-0.05, 0) is 32.7 Å². The highest BCUT2D eigenvalue weighted by atomic mass is 16.4. The Bertz CT molecular complexity index is 353. The third-order valence-electron chi connectivity index (χ3n) is 4.29. The number of rotatable bonds is 2. The molecule has 0 spiro atoms. The zero-order valence-electron chi connectivity index (χ0n) is 11.3. The highest BCUT2D eigenvalue weighted by molar-refractivity contribution is 5.81. The summed E-state index contributed by atoms with van der Waals surface area (Å²) in [6, 6.07) is -0.605. The van der Waals surface area contributed by atoms with Gasteiger partial charge < -0.3 is 15.1 Å². The van der Waals surface area contributed by atoms with E-state index in [1.165, 1.54) is 0 Å². The van der Waals surface area contributed by atoms with Gasteiger partial charge >= 0.3 is 5.97 Å². The molecule has 0 aromatic heterocycles. The average Bonchev–Trinajstić information content (AvgIpc) is 2.39. The van der Waals surface area contributed by atoms with Gasteiger partial charge in [-0.25, -0.2) is 0 Å². The lowest BCUT2D eigenvalue weighted by atomic mass is 9.86. The minimum Gasteiger partial charge on any atom is -0.480 e. The first-order valence-electron chi connectivity index (χ1n) is 6.89. The van der Waals surface area contributed by atoms with Crippen LogP contribution in [0.5, 0.6) is 0 Å². The Morgan fingerprint density at radius 1 is 1.11 bits per heavy atom. The molecule has 1 aliphatic carbocycles. The van der Waals surface area contributed by atoms with Gasteiger partial charge in [0.25, 0.3) is 0 Å². The molecule has 0 unspecified atom stereocenters. The molecule has 1 atom stereocenters. The average molecular weight is 270 g/mol. The van der Waals surface area contributed by atoms with E-state index < -0.39 is 12.0 Å². The van der Waals surface area contributed by atoms with Crippen LogP contribution in [-0.2, 0) is 9.59 Å². The predicted octanol–water partition coefficient (Wildman–Crippen LogP) is -0.235. The number of carboxylic acid groups (broad SMARTS) is 1. The number of hydrogen-bond acceptors (Lipinski definition) is 4. The molecule has 1 heterocycles. The van der Waals surface area contributed by atoms with Crippen molar-refractivity contribution in [3.05, 3.63) is 0 Å². The lowest BCUT2D eigenvalue weighted by Crippen LogP contribution is -2.57. The first kappa shape index (κ1) is 14.3. The number of carboxylic acids is 1. The van der Waals surface area contributed by atoms with E-state index in [-0.39, 0.29) is 24.5 Å². The van der Waals surface area contributed by atoms with Crippen LogP contribution in [0.1, 0.15) is 25.7 Å². The number of aliphatic hydroxyl groups is 1. The van der Waals surface area contributed by atoms with Crippen molar-refractivity contribution < 1.29 is 19.8 Å². The van der Waals surface area contributed by atoms with E-state index in [1.54, 1.807) is 16.8 Å². The number of aliphatic hydroxyl groups excluding tert-OH is 1. The monoisotopic (exact) mass is 270 g/mol. The molecular weight excluding hydrogens is 248 g/mol. The summed E-state index contributed by atoms with van der Waals surface area (Å²) in [6.07, 6.45) is 2.50. The number of aliphatic carboxylic acids is 1. The van der Waals surface area contributed by atoms with Crippen LogP contribution in [0.15, 0.2) is 0 Å². The van der Waals surface area contributed by atoms with Crippen molar-refractivity contribution in [1.82, 2.24) is 9.80 Å². The smallest absolute Gasteiger partial charge is 0.322 e. The molecule has 108 valence electrons. The molecule has 1 saturated heterocycles. The van der Waals surface area contributed by atoms with Crippen LogP contribution in [0.3, 0.4) is 0 Å². The number of carbonyl (C=O) groups is 2. The van der Waals surface area contributed by atoms with Crippen molar-refractivity contribution in [1.29, 1.82) is 0 Å². The van der Waals surface area contributed by atoms with Gasteiger partial charge in [0, 0.05) is 25.6 Å². The Kier molecular flexibility index (Phi) is 4.42. The zero-order chi connectivity index (χ0) is 14.0. The molecule has 0 aromatic carbocycles. The highest BCUT2D eigenvalue weighted by Gasteiger charge is 2.35. The molecule has 6 heteroatoms. The molecule has 0 radical (unpaired) electrons. The van der Waals surface area contributed by atoms with E-state index in [2.05, 4.69) is 0 Å². The summed E-state index contributed by atoms with van der Waals surface area (Å²) in [5.41, 5.74) is 0. The molecule has 0 bridgehead atoms. The quantitative estimate of drug-likeness (QED) is 0.724. The second-order valence-corrected chi connectivity index (χ2v) is 5.62. The second-order valence-electron chi connectivity index (χ2n) is 5.62. The minimum atomic E-state index is -0.876. The zero-order valence-corrected chi connectivity index (χ0v) is 11.3. The first-order chi connectivity index (χ1) is 8.99. The van der Waals surface area contributed by atoms with E-state index in [0.29, 0.717) is 38.8 Å². The second kappa shape index (κ2) is 5.88. The minimum absolute atomic E-state index is 0.0405. The maximum absolute atomic E-state index is 12.4. The summed E-state index contributed by atoms with van der Waals surface area (Å²) in [5.74, 6) is -0.855. The summed E-state index contributed by atoms with van der Waals surface area (Å²) >= 11 is 0. The molecule has 6 nitrogen and oxygen atoms in total. The van der Waals surface area contributed by atoms with Crippen molar-refractivity contribution in [2.75, 3.05) is 26.7 Å². The Morgan fingerprint density at radius 2 is 1.74 bits per heavy atom. The summed E-state index contributed by atoms with van der Waals surface area (Å²) in [4.78, 5) is 27.0. The fourth-order valence-corrected chi connectivity index (χ4v) is 2.92. The van der Waals surface area contributed by atoms with Crippen LogP contribution >= 0.6 is 0 Å². The lowest BCUT2D eigenvalue weighted by Gasteiger charge is -2.39. The topological polar surface area (TPSA) is 81.1 Å². The standard InChI is InChI=1S/C13H22N2O4/c1-14-6-7-15(8-11(14)13(18)19)12(17)9-2-4-10(16)5-3-9/h9-11,16H,2-8H2,1H3,(H,18,19)/t9?,10?,11-/m1/s1. The number of piperazine rings is 1. The van der Waals surface area contributed by atoms with Crippen LogP contribution in [0.25, 0.3) is 0 Å². The molecule has 2 aliphatic rings. The number of nitrogens with zero attached hydrogens (tertiary/aromatic N) is 2. The molecule has 2 rings (SSSR count). The van der Waals surface area contributed by atoms with Crippen molar-refractivity contribution in [2.24, 2.45) is 5.92 Å². The van der Waals surface area contributed by atoms with Crippen LogP contribution in [0, 0.1) is 5.92 Å². The molecule has 2 N–H and O–H groups in total. The van der Waals surface area contributed by atoms with Crippen molar-refractivity contribution in [3.63, 3.8) is 0 Å². The maximum atomic E-state index is 12.4. The molecule has 0 aromatic rings. The van der Waals surface area contributed by atoms with Gasteiger partial charge in [0.05, 0.1) is 6.10 Å². The predicted molar refractivity (Wildman–Crippen MR) is 68.6 cm³/mol. The van der Waals surface area contributed by atoms with Gasteiger partial charge in [0.1, 0.15) is 6.04 Å². The van der Waals surface area contributed by atoms with Crippen LogP contribution in [-0.4, -0.2) is 70.7 Å². The fraction of sp³-hybridized carbons (Fsp3) is 0.846. The summed E-state index contributed by atoms with van der Waals surface area (Å²) in [7, 11) is 1.78. The van der Waals surface area contributed by atoms with E-state index in [1.807, 2.05) is 0 Å². The van der Waals surface area contributed by atoms with Gasteiger partial charge in [-0.2, -0.15) is 0 Å². The normalized spacial score (nSPS) is 33.2. The van der Waals surface area contributed by atoms with Crippen LogP contribution in [0.2, 0.25) is 0 Å². The fourth-order valence-electron chi connectivity index (χ4n) is 2.92. The Labute approximate surface area is 113 Å². The van der Waals surface area contributed by atoms with E-state index in [4.69, 9.17) is 5.11 Å². The molecule has 1 saturated carbocycles. The number of likely N-dealkylation sites (N-methyl/N-ethyl adjacent to an activating group) is 1. The van der Waals surface area contributed by atoms with E-state index >= 15 is 0 Å². The van der Waals surface area contributed by atoms with E-state index in [9.17, 15) is 14.7 Å². The molecule has 19 heavy (non-hydrogen) atoms. The SMILES string of the molecule is CN1CCN(C(=O)C2CCC(O)CC2)C[C@@H]1C(=O)O. The van der Waals surface area contributed by atoms with E-state index in [0.717, 1.165) is 0 Å². The van der Waals surface area contributed by atoms with Gasteiger partial charge in [0.2, 0.25) is 5.91 Å². The lowest BCUT2D eigenvalue weighted by molar-refractivity contribution is -0.149. The third kappa shape index (κ3) is 3.25. The first-order valence-corrected chi connectivity index (χ1v) is 6.89. The van der Waals surface area contributed by atoms with Crippen molar-refractivity contribution in [3.8, 4) is 0 Å². The van der Waals surface area contributed by atoms with Crippen LogP contribution < -0.4 is 0 Å². The Hall–Kier alpha value is -1.14. The molecule has 1 amide bonds. The van der Waals surface area contributed by atoms with Crippen molar-refractivity contribution >= 4 is 11.9 Å². The Balaban J connectivity index is 1.94. The summed E-state index contributed by atoms with van der Waals surface area (Å²) in [5, 5.41) is 18.6. The largest absolute Gasteiger partial charge is 0.480 e. The van der Waals surface area contributed by atoms with Gasteiger partial charge in [-0.3, -0.25) is 14.5 Å². The number of amides is 1.